The summed E-state index contributed by atoms with van der Waals surface area (Å²) in [5.74, 6) is 0.134. The number of benzene rings is 1. The Morgan fingerprint density at radius 3 is 2.95 bits per heavy atom. The predicted molar refractivity (Wildman–Crippen MR) is 76.7 cm³/mol. The van der Waals surface area contributed by atoms with Crippen molar-refractivity contribution in [1.29, 1.82) is 0 Å². The monoisotopic (exact) mass is 271 g/mol. The lowest BCUT2D eigenvalue weighted by Crippen LogP contribution is -2.16. The zero-order valence-corrected chi connectivity index (χ0v) is 11.1. The van der Waals surface area contributed by atoms with Crippen LogP contribution >= 0.6 is 11.3 Å². The minimum atomic E-state index is 0.134. The highest BCUT2D eigenvalue weighted by molar-refractivity contribution is 7.15. The number of anilines is 1. The fourth-order valence-electron chi connectivity index (χ4n) is 1.88. The first-order valence-electron chi connectivity index (χ1n) is 6.03. The third kappa shape index (κ3) is 2.82. The van der Waals surface area contributed by atoms with Crippen molar-refractivity contribution < 1.29 is 4.79 Å². The van der Waals surface area contributed by atoms with Crippen LogP contribution in [-0.2, 0) is 11.2 Å². The minimum Gasteiger partial charge on any atom is -0.378 e. The van der Waals surface area contributed by atoms with Gasteiger partial charge in [-0.2, -0.15) is 0 Å². The van der Waals surface area contributed by atoms with Crippen molar-refractivity contribution in [1.82, 2.24) is 9.38 Å². The average Bonchev–Trinajstić information content (AvgIpc) is 2.98. The van der Waals surface area contributed by atoms with Gasteiger partial charge in [-0.3, -0.25) is 9.20 Å². The Kier molecular flexibility index (Phi) is 3.29. The van der Waals surface area contributed by atoms with Gasteiger partial charge in [0, 0.05) is 23.5 Å². The molecule has 1 aromatic carbocycles. The number of ketones is 1. The first-order valence-corrected chi connectivity index (χ1v) is 6.91. The number of thiazole rings is 1. The van der Waals surface area contributed by atoms with Crippen molar-refractivity contribution in [3.05, 3.63) is 53.8 Å². The smallest absolute Gasteiger partial charge is 0.193 e. The van der Waals surface area contributed by atoms with Crippen molar-refractivity contribution in [2.45, 2.75) is 6.42 Å². The molecule has 1 N–H and O–H groups in total. The van der Waals surface area contributed by atoms with E-state index in [2.05, 4.69) is 10.3 Å². The van der Waals surface area contributed by atoms with Gasteiger partial charge in [-0.15, -0.1) is 11.3 Å². The molecule has 0 aliphatic rings. The molecule has 0 aliphatic carbocycles. The van der Waals surface area contributed by atoms with E-state index in [1.165, 1.54) is 0 Å². The van der Waals surface area contributed by atoms with Crippen molar-refractivity contribution in [2.75, 3.05) is 11.9 Å². The number of rotatable bonds is 5. The van der Waals surface area contributed by atoms with E-state index in [9.17, 15) is 4.79 Å². The van der Waals surface area contributed by atoms with Crippen LogP contribution in [0.25, 0.3) is 4.96 Å². The highest BCUT2D eigenvalue weighted by Crippen LogP contribution is 2.12. The quantitative estimate of drug-likeness (QED) is 0.776. The molecule has 0 saturated carbocycles. The van der Waals surface area contributed by atoms with E-state index in [0.717, 1.165) is 16.3 Å². The van der Waals surface area contributed by atoms with Crippen LogP contribution in [0.4, 0.5) is 5.69 Å². The second-order valence-electron chi connectivity index (χ2n) is 4.26. The van der Waals surface area contributed by atoms with Gasteiger partial charge in [-0.25, -0.2) is 4.98 Å². The maximum absolute atomic E-state index is 11.9. The van der Waals surface area contributed by atoms with E-state index in [1.807, 2.05) is 52.5 Å². The zero-order chi connectivity index (χ0) is 13.1. The number of fused-ring (bicyclic) bond motifs is 1. The number of hydrogen-bond donors (Lipinski definition) is 1. The zero-order valence-electron chi connectivity index (χ0n) is 10.2. The minimum absolute atomic E-state index is 0.134. The molecule has 0 atom stereocenters. The lowest BCUT2D eigenvalue weighted by Gasteiger charge is -2.04. The summed E-state index contributed by atoms with van der Waals surface area (Å²) in [6.45, 7) is 0.329. The van der Waals surface area contributed by atoms with Crippen LogP contribution in [0.3, 0.4) is 0 Å². The third-order valence-electron chi connectivity index (χ3n) is 2.78. The SMILES string of the molecule is O=C(CNc1ccccc1)Cc1cn2ccsc2n1. The summed E-state index contributed by atoms with van der Waals surface area (Å²) in [6.07, 6.45) is 4.23. The van der Waals surface area contributed by atoms with Gasteiger partial charge >= 0.3 is 0 Å². The highest BCUT2D eigenvalue weighted by atomic mass is 32.1. The van der Waals surface area contributed by atoms with Crippen LogP contribution in [0.2, 0.25) is 0 Å². The summed E-state index contributed by atoms with van der Waals surface area (Å²) in [6, 6.07) is 9.72. The molecule has 0 bridgehead atoms. The molecule has 0 fully saturated rings. The van der Waals surface area contributed by atoms with Gasteiger partial charge in [0.1, 0.15) is 0 Å². The van der Waals surface area contributed by atoms with Gasteiger partial charge < -0.3 is 5.32 Å². The van der Waals surface area contributed by atoms with Crippen LogP contribution in [0.5, 0.6) is 0 Å². The van der Waals surface area contributed by atoms with Gasteiger partial charge in [-0.05, 0) is 12.1 Å². The summed E-state index contributed by atoms with van der Waals surface area (Å²) in [4.78, 5) is 17.2. The largest absolute Gasteiger partial charge is 0.378 e. The molecule has 96 valence electrons. The van der Waals surface area contributed by atoms with Crippen molar-refractivity contribution in [3.8, 4) is 0 Å². The number of nitrogens with one attached hydrogen (secondary N) is 1. The summed E-state index contributed by atoms with van der Waals surface area (Å²) < 4.78 is 1.94. The van der Waals surface area contributed by atoms with Crippen molar-refractivity contribution in [3.63, 3.8) is 0 Å². The molecule has 0 spiro atoms. The van der Waals surface area contributed by atoms with Gasteiger partial charge in [-0.1, -0.05) is 18.2 Å². The molecule has 0 unspecified atom stereocenters. The number of hydrogen-bond acceptors (Lipinski definition) is 4. The Hall–Kier alpha value is -2.14. The van der Waals surface area contributed by atoms with Crippen LogP contribution in [0.1, 0.15) is 5.69 Å². The van der Waals surface area contributed by atoms with E-state index in [-0.39, 0.29) is 5.78 Å². The second-order valence-corrected chi connectivity index (χ2v) is 5.13. The Morgan fingerprint density at radius 1 is 1.32 bits per heavy atom. The molecular formula is C14H13N3OS. The standard InChI is InChI=1S/C14H13N3OS/c18-13(9-15-11-4-2-1-3-5-11)8-12-10-17-6-7-19-14(17)16-12/h1-7,10,15H,8-9H2. The molecule has 2 heterocycles. The normalized spacial score (nSPS) is 10.7. The summed E-state index contributed by atoms with van der Waals surface area (Å²) in [5.41, 5.74) is 1.79. The number of para-hydroxylation sites is 1. The van der Waals surface area contributed by atoms with E-state index in [0.29, 0.717) is 13.0 Å². The highest BCUT2D eigenvalue weighted by Gasteiger charge is 2.08. The van der Waals surface area contributed by atoms with E-state index in [1.54, 1.807) is 11.3 Å². The average molecular weight is 271 g/mol. The maximum Gasteiger partial charge on any atom is 0.193 e. The molecule has 3 aromatic rings. The molecule has 3 rings (SSSR count). The van der Waals surface area contributed by atoms with Crippen molar-refractivity contribution >= 4 is 27.8 Å². The lowest BCUT2D eigenvalue weighted by atomic mass is 10.2. The van der Waals surface area contributed by atoms with Crippen LogP contribution < -0.4 is 5.32 Å². The van der Waals surface area contributed by atoms with Crippen LogP contribution in [-0.4, -0.2) is 21.7 Å². The Labute approximate surface area is 114 Å². The number of aromatic nitrogens is 2. The lowest BCUT2D eigenvalue weighted by molar-refractivity contribution is -0.116. The Balaban J connectivity index is 1.58. The number of nitrogens with zero attached hydrogens (tertiary/aromatic N) is 2. The number of Topliss-reactive ketones (excluding diaryl/α,β-unsaturated/α-hetero) is 1. The van der Waals surface area contributed by atoms with Gasteiger partial charge in [0.25, 0.3) is 0 Å². The fraction of sp³-hybridized carbons (Fsp3) is 0.143. The molecule has 0 saturated heterocycles. The van der Waals surface area contributed by atoms with Gasteiger partial charge in [0.05, 0.1) is 18.7 Å². The molecule has 0 amide bonds. The first kappa shape index (κ1) is 11.9. The molecule has 0 aliphatic heterocycles. The van der Waals surface area contributed by atoms with E-state index >= 15 is 0 Å². The number of carbonyl (C=O) groups excluding carboxylic acids is 1. The van der Waals surface area contributed by atoms with E-state index in [4.69, 9.17) is 0 Å². The molecule has 0 radical (unpaired) electrons. The predicted octanol–water partition coefficient (Wildman–Crippen LogP) is 2.62. The second kappa shape index (κ2) is 5.24. The molecule has 2 aromatic heterocycles. The molecule has 19 heavy (non-hydrogen) atoms. The number of carbonyl (C=O) groups is 1. The molecule has 4 nitrogen and oxygen atoms in total. The van der Waals surface area contributed by atoms with Crippen molar-refractivity contribution in [2.24, 2.45) is 0 Å². The maximum atomic E-state index is 11.9. The van der Waals surface area contributed by atoms with Crippen LogP contribution in [0.15, 0.2) is 48.1 Å². The van der Waals surface area contributed by atoms with Gasteiger partial charge in [0.15, 0.2) is 10.7 Å². The topological polar surface area (TPSA) is 46.4 Å². The Morgan fingerprint density at radius 2 is 2.16 bits per heavy atom. The third-order valence-corrected chi connectivity index (χ3v) is 3.56. The Bertz CT molecular complexity index is 658. The summed E-state index contributed by atoms with van der Waals surface area (Å²) in [5, 5.41) is 5.09. The van der Waals surface area contributed by atoms with Gasteiger partial charge in [0.2, 0.25) is 0 Å². The van der Waals surface area contributed by atoms with E-state index < -0.39 is 0 Å². The fourth-order valence-corrected chi connectivity index (χ4v) is 2.60. The first-order chi connectivity index (χ1) is 9.31. The summed E-state index contributed by atoms with van der Waals surface area (Å²) >= 11 is 1.57. The molecular weight excluding hydrogens is 258 g/mol. The van der Waals surface area contributed by atoms with Crippen LogP contribution in [0, 0.1) is 0 Å². The molecule has 5 heteroatoms. The number of imidazole rings is 1. The summed E-state index contributed by atoms with van der Waals surface area (Å²) in [7, 11) is 0.